The van der Waals surface area contributed by atoms with E-state index in [0.717, 1.165) is 29.8 Å². The number of nitrogens with zero attached hydrogens (tertiary/aromatic N) is 3. The lowest BCUT2D eigenvalue weighted by molar-refractivity contribution is 0.0748. The summed E-state index contributed by atoms with van der Waals surface area (Å²) in [5.74, 6) is 0.516. The molecule has 96 valence electrons. The average molecular weight is 314 g/mol. The first-order chi connectivity index (χ1) is 8.66. The molecule has 0 aliphatic carbocycles. The number of hydrogen-bond donors (Lipinski definition) is 0. The van der Waals surface area contributed by atoms with Crippen molar-refractivity contribution in [1.29, 1.82) is 0 Å². The molecule has 1 aromatic rings. The number of carbonyl (C=O) groups excluding carboxylic acids is 1. The second-order valence-corrected chi connectivity index (χ2v) is 5.34. The number of imidazole rings is 1. The van der Waals surface area contributed by atoms with Crippen LogP contribution in [-0.2, 0) is 13.0 Å². The maximum atomic E-state index is 13.2. The van der Waals surface area contributed by atoms with Crippen LogP contribution in [0.5, 0.6) is 0 Å². The molecule has 0 fully saturated rings. The molecule has 4 nitrogen and oxygen atoms in total. The molecule has 18 heavy (non-hydrogen) atoms. The molecular formula is C12H13BrFN3O. The van der Waals surface area contributed by atoms with Crippen LogP contribution in [0.15, 0.2) is 16.5 Å². The molecule has 0 bridgehead atoms. The van der Waals surface area contributed by atoms with Crippen LogP contribution in [0.25, 0.3) is 0 Å². The predicted molar refractivity (Wildman–Crippen MR) is 68.0 cm³/mol. The molecule has 6 heteroatoms. The summed E-state index contributed by atoms with van der Waals surface area (Å²) in [6.07, 6.45) is 4.07. The minimum atomic E-state index is -0.238. The number of rotatable bonds is 1. The van der Waals surface area contributed by atoms with Gasteiger partial charge in [-0.2, -0.15) is 0 Å². The van der Waals surface area contributed by atoms with Gasteiger partial charge >= 0.3 is 0 Å². The van der Waals surface area contributed by atoms with Crippen LogP contribution in [0.1, 0.15) is 29.2 Å². The zero-order valence-electron chi connectivity index (χ0n) is 9.83. The lowest BCUT2D eigenvalue weighted by atomic mass is 10.2. The molecule has 0 aromatic carbocycles. The Morgan fingerprint density at radius 2 is 2.28 bits per heavy atom. The second kappa shape index (κ2) is 4.50. The van der Waals surface area contributed by atoms with Crippen molar-refractivity contribution >= 4 is 21.8 Å². The van der Waals surface area contributed by atoms with Crippen molar-refractivity contribution in [2.24, 2.45) is 0 Å². The van der Waals surface area contributed by atoms with Gasteiger partial charge in [-0.25, -0.2) is 9.37 Å². The molecule has 2 aliphatic heterocycles. The molecule has 0 N–H and O–H groups in total. The largest absolute Gasteiger partial charge is 0.330 e. The van der Waals surface area contributed by atoms with E-state index in [1.54, 1.807) is 0 Å². The van der Waals surface area contributed by atoms with Crippen LogP contribution >= 0.6 is 15.9 Å². The highest BCUT2D eigenvalue weighted by Crippen LogP contribution is 2.26. The Hall–Kier alpha value is -1.17. The Labute approximate surface area is 113 Å². The Morgan fingerprint density at radius 1 is 1.44 bits per heavy atom. The molecule has 2 aliphatic rings. The number of fused-ring (bicyclic) bond motifs is 1. The molecule has 1 aromatic heterocycles. The van der Waals surface area contributed by atoms with Crippen LogP contribution in [0, 0.1) is 0 Å². The van der Waals surface area contributed by atoms with Crippen molar-refractivity contribution in [3.63, 3.8) is 0 Å². The fourth-order valence-electron chi connectivity index (χ4n) is 2.45. The third kappa shape index (κ3) is 1.88. The molecule has 3 heterocycles. The summed E-state index contributed by atoms with van der Waals surface area (Å²) in [6, 6.07) is 0. The van der Waals surface area contributed by atoms with Gasteiger partial charge < -0.3 is 9.47 Å². The number of carbonyl (C=O) groups is 1. The van der Waals surface area contributed by atoms with Gasteiger partial charge in [0.1, 0.15) is 16.3 Å². The maximum Gasteiger partial charge on any atom is 0.275 e. The first-order valence-electron chi connectivity index (χ1n) is 6.05. The molecule has 3 rings (SSSR count). The Bertz CT molecular complexity index is 538. The summed E-state index contributed by atoms with van der Waals surface area (Å²) < 4.78 is 16.0. The molecule has 0 saturated carbocycles. The van der Waals surface area contributed by atoms with Gasteiger partial charge in [0, 0.05) is 19.5 Å². The number of hydrogen-bond acceptors (Lipinski definition) is 2. The van der Waals surface area contributed by atoms with Gasteiger partial charge in [-0.15, -0.1) is 0 Å². The summed E-state index contributed by atoms with van der Waals surface area (Å²) in [4.78, 5) is 18.2. The number of halogens is 2. The van der Waals surface area contributed by atoms with E-state index in [1.807, 2.05) is 4.57 Å². The summed E-state index contributed by atoms with van der Waals surface area (Å²) in [5, 5.41) is 0. The van der Waals surface area contributed by atoms with E-state index in [0.29, 0.717) is 18.7 Å². The Kier molecular flexibility index (Phi) is 2.97. The molecule has 0 atom stereocenters. The molecule has 0 saturated heterocycles. The van der Waals surface area contributed by atoms with Crippen LogP contribution in [-0.4, -0.2) is 33.4 Å². The lowest BCUT2D eigenvalue weighted by Crippen LogP contribution is -2.35. The molecule has 0 spiro atoms. The normalized spacial score (nSPS) is 18.8. The quantitative estimate of drug-likeness (QED) is 0.798. The van der Waals surface area contributed by atoms with E-state index in [2.05, 4.69) is 20.9 Å². The van der Waals surface area contributed by atoms with Gasteiger partial charge in [-0.3, -0.25) is 4.79 Å². The number of aryl methyl sites for hydroxylation is 1. The van der Waals surface area contributed by atoms with E-state index in [4.69, 9.17) is 0 Å². The van der Waals surface area contributed by atoms with Gasteiger partial charge in [0.25, 0.3) is 5.91 Å². The summed E-state index contributed by atoms with van der Waals surface area (Å²) in [7, 11) is 0. The van der Waals surface area contributed by atoms with Gasteiger partial charge in [-0.1, -0.05) is 0 Å². The van der Waals surface area contributed by atoms with E-state index in [1.165, 1.54) is 11.0 Å². The van der Waals surface area contributed by atoms with E-state index in [-0.39, 0.29) is 18.3 Å². The van der Waals surface area contributed by atoms with Crippen molar-refractivity contribution in [2.45, 2.75) is 25.8 Å². The van der Waals surface area contributed by atoms with Crippen molar-refractivity contribution in [3.05, 3.63) is 28.0 Å². The smallest absolute Gasteiger partial charge is 0.275 e. The van der Waals surface area contributed by atoms with Gasteiger partial charge in [0.15, 0.2) is 5.69 Å². The van der Waals surface area contributed by atoms with Gasteiger partial charge in [-0.05, 0) is 34.8 Å². The third-order valence-corrected chi connectivity index (χ3v) is 4.17. The minimum Gasteiger partial charge on any atom is -0.330 e. The zero-order valence-corrected chi connectivity index (χ0v) is 11.4. The monoisotopic (exact) mass is 313 g/mol. The minimum absolute atomic E-state index is 0.0630. The third-order valence-electron chi connectivity index (χ3n) is 3.36. The van der Waals surface area contributed by atoms with Crippen molar-refractivity contribution in [1.82, 2.24) is 14.5 Å². The topological polar surface area (TPSA) is 38.1 Å². The van der Waals surface area contributed by atoms with Crippen LogP contribution < -0.4 is 0 Å². The van der Waals surface area contributed by atoms with Crippen molar-refractivity contribution in [3.8, 4) is 0 Å². The number of amides is 1. The summed E-state index contributed by atoms with van der Waals surface area (Å²) in [5.41, 5.74) is 0.416. The SMILES string of the molecule is O=C(c1nc2n(c1Br)CCC2)N1CCC=C(F)C1. The summed E-state index contributed by atoms with van der Waals surface area (Å²) >= 11 is 3.43. The lowest BCUT2D eigenvalue weighted by Gasteiger charge is -2.23. The standard InChI is InChI=1S/C12H13BrFN3O/c13-11-10(15-9-4-2-6-17(9)11)12(18)16-5-1-3-8(14)7-16/h3H,1-2,4-7H2. The van der Waals surface area contributed by atoms with Crippen molar-refractivity contribution in [2.75, 3.05) is 13.1 Å². The van der Waals surface area contributed by atoms with Crippen LogP contribution in [0.3, 0.4) is 0 Å². The second-order valence-electron chi connectivity index (χ2n) is 4.59. The highest BCUT2D eigenvalue weighted by Gasteiger charge is 2.28. The fourth-order valence-corrected chi connectivity index (χ4v) is 3.09. The van der Waals surface area contributed by atoms with Crippen LogP contribution in [0.4, 0.5) is 4.39 Å². The Morgan fingerprint density at radius 3 is 3.00 bits per heavy atom. The van der Waals surface area contributed by atoms with E-state index >= 15 is 0 Å². The van der Waals surface area contributed by atoms with E-state index < -0.39 is 0 Å². The number of aromatic nitrogens is 2. The Balaban J connectivity index is 1.87. The van der Waals surface area contributed by atoms with Crippen molar-refractivity contribution < 1.29 is 9.18 Å². The molecular weight excluding hydrogens is 301 g/mol. The maximum absolute atomic E-state index is 13.2. The van der Waals surface area contributed by atoms with E-state index in [9.17, 15) is 9.18 Å². The zero-order chi connectivity index (χ0) is 12.7. The highest BCUT2D eigenvalue weighted by atomic mass is 79.9. The highest BCUT2D eigenvalue weighted by molar-refractivity contribution is 9.10. The molecule has 0 unspecified atom stereocenters. The van der Waals surface area contributed by atoms with Gasteiger partial charge in [0.05, 0.1) is 6.54 Å². The first-order valence-corrected chi connectivity index (χ1v) is 6.85. The first kappa shape index (κ1) is 11.9. The van der Waals surface area contributed by atoms with Gasteiger partial charge in [0.2, 0.25) is 0 Å². The fraction of sp³-hybridized carbons (Fsp3) is 0.500. The average Bonchev–Trinajstić information content (AvgIpc) is 2.92. The summed E-state index contributed by atoms with van der Waals surface area (Å²) in [6.45, 7) is 1.51. The molecule has 0 radical (unpaired) electrons. The van der Waals surface area contributed by atoms with Crippen LogP contribution in [0.2, 0.25) is 0 Å². The predicted octanol–water partition coefficient (Wildman–Crippen LogP) is 2.29. The molecule has 1 amide bonds.